The van der Waals surface area contributed by atoms with E-state index in [1.54, 1.807) is 0 Å². The Bertz CT molecular complexity index is 459. The van der Waals surface area contributed by atoms with Crippen LogP contribution in [0.1, 0.15) is 38.4 Å². The molecule has 1 N–H and O–H groups in total. The smallest absolute Gasteiger partial charge is 0.453 e. The summed E-state index contributed by atoms with van der Waals surface area (Å²) in [5, 5.41) is 12.2. The van der Waals surface area contributed by atoms with Gasteiger partial charge < -0.3 is 5.11 Å². The van der Waals surface area contributed by atoms with Gasteiger partial charge in [0.15, 0.2) is 0 Å². The second-order valence-corrected chi connectivity index (χ2v) is 4.36. The van der Waals surface area contributed by atoms with Crippen molar-refractivity contribution in [3.63, 3.8) is 0 Å². The van der Waals surface area contributed by atoms with Crippen LogP contribution in [0.5, 0.6) is 0 Å². The molecule has 0 atom stereocenters. The van der Waals surface area contributed by atoms with Crippen molar-refractivity contribution in [1.82, 2.24) is 14.8 Å². The first kappa shape index (κ1) is 16.3. The molecule has 0 radical (unpaired) electrons. The topological polar surface area (TPSA) is 71.2 Å². The molecular formula is C11H17F3N4O2. The predicted octanol–water partition coefficient (Wildman–Crippen LogP) is 2.99. The number of nitrogens with zero attached hydrogens (tertiary/aromatic N) is 4. The van der Waals surface area contributed by atoms with Crippen LogP contribution in [0.15, 0.2) is 0 Å². The fraction of sp³-hybridized carbons (Fsp3) is 0.727. The van der Waals surface area contributed by atoms with Gasteiger partial charge in [0.1, 0.15) is 0 Å². The zero-order valence-electron chi connectivity index (χ0n) is 11.3. The Kier molecular flexibility index (Phi) is 5.34. The number of aromatic nitrogens is 3. The van der Waals surface area contributed by atoms with Crippen LogP contribution in [-0.4, -0.2) is 33.0 Å². The van der Waals surface area contributed by atoms with Crippen LogP contribution in [0.2, 0.25) is 0 Å². The fourth-order valence-corrected chi connectivity index (χ4v) is 1.63. The third kappa shape index (κ3) is 4.10. The van der Waals surface area contributed by atoms with Gasteiger partial charge >= 0.3 is 12.3 Å². The van der Waals surface area contributed by atoms with Crippen molar-refractivity contribution in [3.8, 4) is 0 Å². The Labute approximate surface area is 114 Å². The maximum Gasteiger partial charge on any atom is 0.453 e. The van der Waals surface area contributed by atoms with Gasteiger partial charge in [-0.3, -0.25) is 0 Å². The number of rotatable bonds is 6. The molecule has 1 aromatic rings. The molecule has 0 saturated carbocycles. The van der Waals surface area contributed by atoms with E-state index in [-0.39, 0.29) is 12.5 Å². The number of aryl methyl sites for hydroxylation is 1. The maximum atomic E-state index is 12.6. The van der Waals surface area contributed by atoms with Gasteiger partial charge in [-0.2, -0.15) is 18.2 Å². The highest BCUT2D eigenvalue weighted by Crippen LogP contribution is 2.28. The summed E-state index contributed by atoms with van der Waals surface area (Å²) in [6, 6.07) is 0. The molecule has 9 heteroatoms. The van der Waals surface area contributed by atoms with Crippen LogP contribution in [0, 0.1) is 0 Å². The molecule has 6 nitrogen and oxygen atoms in total. The Balaban J connectivity index is 2.94. The number of alkyl halides is 3. The van der Waals surface area contributed by atoms with Gasteiger partial charge in [-0.15, -0.1) is 5.10 Å². The van der Waals surface area contributed by atoms with Gasteiger partial charge in [-0.05, 0) is 6.42 Å². The minimum Gasteiger partial charge on any atom is -0.465 e. The van der Waals surface area contributed by atoms with Crippen LogP contribution >= 0.6 is 0 Å². The molecule has 0 fully saturated rings. The summed E-state index contributed by atoms with van der Waals surface area (Å²) >= 11 is 0. The minimum atomic E-state index is -4.69. The number of carbonyl (C=O) groups is 1. The normalized spacial score (nSPS) is 11.7. The second kappa shape index (κ2) is 6.58. The highest BCUT2D eigenvalue weighted by Gasteiger charge is 2.38. The molecule has 0 aliphatic rings. The molecule has 0 aliphatic heterocycles. The number of amides is 1. The lowest BCUT2D eigenvalue weighted by molar-refractivity contribution is -0.145. The second-order valence-electron chi connectivity index (χ2n) is 4.36. The van der Waals surface area contributed by atoms with Gasteiger partial charge in [0.25, 0.3) is 5.82 Å². The third-order valence-electron chi connectivity index (χ3n) is 2.72. The Morgan fingerprint density at radius 2 is 2.00 bits per heavy atom. The largest absolute Gasteiger partial charge is 0.465 e. The number of unbranched alkanes of at least 4 members (excludes halogenated alkanes) is 3. The molecular weight excluding hydrogens is 277 g/mol. The molecule has 0 bridgehead atoms. The summed E-state index contributed by atoms with van der Waals surface area (Å²) in [6.07, 6.45) is -2.66. The summed E-state index contributed by atoms with van der Waals surface area (Å²) in [5.41, 5.74) is 0. The lowest BCUT2D eigenvalue weighted by Crippen LogP contribution is -2.27. The van der Waals surface area contributed by atoms with Gasteiger partial charge in [0, 0.05) is 13.6 Å². The number of carboxylic acid groups (broad SMARTS) is 1. The van der Waals surface area contributed by atoms with E-state index in [1.807, 2.05) is 6.92 Å². The van der Waals surface area contributed by atoms with E-state index in [0.717, 1.165) is 31.0 Å². The van der Waals surface area contributed by atoms with Gasteiger partial charge in [0.05, 0.1) is 0 Å². The molecule has 0 aliphatic carbocycles. The summed E-state index contributed by atoms with van der Waals surface area (Å²) in [4.78, 5) is 14.8. The van der Waals surface area contributed by atoms with Crippen LogP contribution in [0.25, 0.3) is 0 Å². The average molecular weight is 294 g/mol. The van der Waals surface area contributed by atoms with Crippen molar-refractivity contribution in [2.75, 3.05) is 11.9 Å². The lowest BCUT2D eigenvalue weighted by Gasteiger charge is -2.12. The zero-order chi connectivity index (χ0) is 15.3. The van der Waals surface area contributed by atoms with Crippen molar-refractivity contribution in [3.05, 3.63) is 5.82 Å². The van der Waals surface area contributed by atoms with E-state index in [0.29, 0.717) is 11.3 Å². The third-order valence-corrected chi connectivity index (χ3v) is 2.72. The van der Waals surface area contributed by atoms with Crippen LogP contribution in [0.3, 0.4) is 0 Å². The van der Waals surface area contributed by atoms with E-state index >= 15 is 0 Å². The average Bonchev–Trinajstić information content (AvgIpc) is 2.77. The van der Waals surface area contributed by atoms with Crippen molar-refractivity contribution in [2.45, 2.75) is 45.3 Å². The van der Waals surface area contributed by atoms with Gasteiger partial charge in [-0.25, -0.2) is 14.4 Å². The van der Waals surface area contributed by atoms with Crippen molar-refractivity contribution < 1.29 is 23.1 Å². The molecule has 1 aromatic heterocycles. The van der Waals surface area contributed by atoms with E-state index in [2.05, 4.69) is 10.1 Å². The van der Waals surface area contributed by atoms with E-state index in [4.69, 9.17) is 5.11 Å². The predicted molar refractivity (Wildman–Crippen MR) is 65.6 cm³/mol. The standard InChI is InChI=1S/C11H17F3N4O2/c1-3-4-5-6-7-18-9(17(2)10(19)20)15-8(16-18)11(12,13)14/h3-7H2,1-2H3,(H,19,20). The minimum absolute atomic E-state index is 0.204. The first-order valence-corrected chi connectivity index (χ1v) is 6.26. The molecule has 20 heavy (non-hydrogen) atoms. The number of hydrogen-bond donors (Lipinski definition) is 1. The lowest BCUT2D eigenvalue weighted by atomic mass is 10.2. The number of halogens is 3. The first-order valence-electron chi connectivity index (χ1n) is 6.26. The van der Waals surface area contributed by atoms with E-state index in [9.17, 15) is 18.0 Å². The first-order chi connectivity index (χ1) is 9.27. The number of hydrogen-bond acceptors (Lipinski definition) is 3. The summed E-state index contributed by atoms with van der Waals surface area (Å²) in [7, 11) is 1.13. The summed E-state index contributed by atoms with van der Waals surface area (Å²) < 4.78 is 38.7. The molecule has 0 saturated heterocycles. The monoisotopic (exact) mass is 294 g/mol. The van der Waals surface area contributed by atoms with Crippen molar-refractivity contribution in [1.29, 1.82) is 0 Å². The molecule has 1 rings (SSSR count). The maximum absolute atomic E-state index is 12.6. The van der Waals surface area contributed by atoms with Gasteiger partial charge in [0.2, 0.25) is 5.95 Å². The Morgan fingerprint density at radius 1 is 1.35 bits per heavy atom. The molecule has 0 spiro atoms. The SMILES string of the molecule is CCCCCCn1nc(C(F)(F)F)nc1N(C)C(=O)O. The fourth-order valence-electron chi connectivity index (χ4n) is 1.63. The van der Waals surface area contributed by atoms with Crippen LogP contribution < -0.4 is 4.90 Å². The highest BCUT2D eigenvalue weighted by molar-refractivity contribution is 5.82. The van der Waals surface area contributed by atoms with Crippen LogP contribution in [-0.2, 0) is 12.7 Å². The quantitative estimate of drug-likeness (QED) is 0.819. The summed E-state index contributed by atoms with van der Waals surface area (Å²) in [5.74, 6) is -1.64. The van der Waals surface area contributed by atoms with E-state index in [1.165, 1.54) is 0 Å². The van der Waals surface area contributed by atoms with Crippen molar-refractivity contribution >= 4 is 12.0 Å². The zero-order valence-corrected chi connectivity index (χ0v) is 11.3. The molecule has 0 unspecified atom stereocenters. The Morgan fingerprint density at radius 3 is 2.50 bits per heavy atom. The Hall–Kier alpha value is -1.80. The molecule has 114 valence electrons. The highest BCUT2D eigenvalue weighted by atomic mass is 19.4. The number of anilines is 1. The summed E-state index contributed by atoms with van der Waals surface area (Å²) in [6.45, 7) is 2.22. The van der Waals surface area contributed by atoms with Crippen LogP contribution in [0.4, 0.5) is 23.9 Å². The van der Waals surface area contributed by atoms with Crippen molar-refractivity contribution in [2.24, 2.45) is 0 Å². The molecule has 1 amide bonds. The van der Waals surface area contributed by atoms with E-state index < -0.39 is 18.1 Å². The van der Waals surface area contributed by atoms with Gasteiger partial charge in [-0.1, -0.05) is 26.2 Å². The molecule has 0 aromatic carbocycles. The molecule has 1 heterocycles.